The van der Waals surface area contributed by atoms with Gasteiger partial charge in [-0.15, -0.1) is 0 Å². The molecular weight excluding hydrogens is 763 g/mol. The Kier molecular flexibility index (Phi) is 10.7. The van der Waals surface area contributed by atoms with E-state index in [0.717, 1.165) is 64.3 Å². The van der Waals surface area contributed by atoms with Crippen LogP contribution in [0.5, 0.6) is 0 Å². The van der Waals surface area contributed by atoms with Gasteiger partial charge in [0.1, 0.15) is 12.1 Å². The summed E-state index contributed by atoms with van der Waals surface area (Å²) in [4.78, 5) is 61.4. The van der Waals surface area contributed by atoms with E-state index in [4.69, 9.17) is 24.5 Å². The number of carbonyl (C=O) groups excluding carboxylic acids is 3. The predicted molar refractivity (Wildman–Crippen MR) is 226 cm³/mol. The summed E-state index contributed by atoms with van der Waals surface area (Å²) in [5, 5.41) is 10.5. The maximum atomic E-state index is 14.2. The smallest absolute Gasteiger partial charge is 0.418 e. The van der Waals surface area contributed by atoms with Gasteiger partial charge < -0.3 is 19.4 Å². The zero-order chi connectivity index (χ0) is 41.9. The van der Waals surface area contributed by atoms with Crippen molar-refractivity contribution in [3.8, 4) is 22.6 Å². The summed E-state index contributed by atoms with van der Waals surface area (Å²) >= 11 is 0. The average Bonchev–Trinajstić information content (AvgIpc) is 4.00. The Bertz CT molecular complexity index is 2300. The number of amides is 3. The molecule has 8 heterocycles. The molecule has 5 aliphatic rings. The highest BCUT2D eigenvalue weighted by atomic mass is 16.5. The summed E-state index contributed by atoms with van der Waals surface area (Å²) in [6, 6.07) is 7.24. The quantitative estimate of drug-likeness (QED) is 0.185. The lowest BCUT2D eigenvalue weighted by atomic mass is 9.84. The number of H-pyrrole nitrogens is 1. The van der Waals surface area contributed by atoms with Gasteiger partial charge in [-0.05, 0) is 89.2 Å². The lowest BCUT2D eigenvalue weighted by molar-refractivity contribution is -0.870. The summed E-state index contributed by atoms with van der Waals surface area (Å²) in [5.74, 6) is 0.357. The molecule has 0 spiro atoms. The number of cyclic esters (lactones) is 1. The van der Waals surface area contributed by atoms with Crippen LogP contribution in [0.15, 0.2) is 30.5 Å². The van der Waals surface area contributed by atoms with Crippen LogP contribution in [0.4, 0.5) is 10.5 Å². The van der Waals surface area contributed by atoms with Crippen LogP contribution in [-0.4, -0.2) is 135 Å². The van der Waals surface area contributed by atoms with Gasteiger partial charge in [-0.3, -0.25) is 29.8 Å². The Balaban J connectivity index is 1.22. The molecule has 0 radical (unpaired) electrons. The molecule has 0 saturated carbocycles. The molecule has 3 saturated heterocycles. The first kappa shape index (κ1) is 40.5. The van der Waals surface area contributed by atoms with Crippen LogP contribution in [0, 0.1) is 5.41 Å². The Morgan fingerprint density at radius 3 is 2.65 bits per heavy atom. The number of rotatable bonds is 6. The SMILES string of the molecule is CC[N+]1(CC)Cn2nc3nc2-c2ccc4[nH]c(-c5cc(N6CCN7CCCC7C6)cnc5C(C)OC)c(c4c2)CC(C)(C)COC(=O)C2CCCN(N2)C(=O)C(C3)NC1=O. The number of hydrogen-bond acceptors (Lipinski definition) is 11. The fourth-order valence-corrected chi connectivity index (χ4v) is 9.99. The van der Waals surface area contributed by atoms with Crippen molar-refractivity contribution >= 4 is 34.5 Å². The summed E-state index contributed by atoms with van der Waals surface area (Å²) < 4.78 is 13.9. The largest absolute Gasteiger partial charge is 0.464 e. The number of ether oxygens (including phenoxy) is 2. The van der Waals surface area contributed by atoms with Gasteiger partial charge in [-0.2, -0.15) is 9.78 Å². The number of benzene rings is 1. The van der Waals surface area contributed by atoms with Gasteiger partial charge in [0.2, 0.25) is 0 Å². The Labute approximate surface area is 351 Å². The highest BCUT2D eigenvalue weighted by molar-refractivity contribution is 5.94. The third-order valence-corrected chi connectivity index (χ3v) is 13.8. The molecule has 60 heavy (non-hydrogen) atoms. The molecule has 320 valence electrons. The number of piperazine rings is 1. The third-order valence-electron chi connectivity index (χ3n) is 13.8. The molecule has 3 amide bonds. The van der Waals surface area contributed by atoms with Crippen molar-refractivity contribution in [3.05, 3.63) is 47.5 Å². The van der Waals surface area contributed by atoms with E-state index in [2.05, 4.69) is 63.6 Å². The molecule has 4 atom stereocenters. The second-order valence-electron chi connectivity index (χ2n) is 18.3. The van der Waals surface area contributed by atoms with Crippen LogP contribution >= 0.6 is 0 Å². The van der Waals surface area contributed by atoms with Crippen molar-refractivity contribution in [2.24, 2.45) is 5.41 Å². The molecule has 1 aromatic carbocycles. The number of methoxy groups -OCH3 is 1. The molecule has 3 N–H and O–H groups in total. The number of aromatic amines is 1. The molecule has 8 bridgehead atoms. The molecule has 16 nitrogen and oxygen atoms in total. The number of hydrazine groups is 1. The number of esters is 1. The molecule has 5 aliphatic heterocycles. The molecule has 3 fully saturated rings. The molecule has 3 aromatic heterocycles. The summed E-state index contributed by atoms with van der Waals surface area (Å²) in [7, 11) is 1.72. The van der Waals surface area contributed by atoms with E-state index in [1.54, 1.807) is 7.11 Å². The number of hydrogen-bond donors (Lipinski definition) is 3. The van der Waals surface area contributed by atoms with Gasteiger partial charge in [0, 0.05) is 73.2 Å². The van der Waals surface area contributed by atoms with Gasteiger partial charge in [0.05, 0.1) is 49.1 Å². The van der Waals surface area contributed by atoms with E-state index in [1.165, 1.54) is 24.4 Å². The molecule has 9 rings (SSSR count). The average molecular weight is 823 g/mol. The van der Waals surface area contributed by atoms with E-state index in [1.807, 2.05) is 31.6 Å². The van der Waals surface area contributed by atoms with E-state index in [-0.39, 0.29) is 42.2 Å². The van der Waals surface area contributed by atoms with Gasteiger partial charge in [-0.1, -0.05) is 13.8 Å². The minimum absolute atomic E-state index is 0.0253. The van der Waals surface area contributed by atoms with Crippen molar-refractivity contribution in [1.82, 2.24) is 45.4 Å². The first-order chi connectivity index (χ1) is 28.9. The van der Waals surface area contributed by atoms with Crippen molar-refractivity contribution in [2.75, 3.05) is 64.4 Å². The number of aromatic nitrogens is 5. The first-order valence-corrected chi connectivity index (χ1v) is 21.9. The second kappa shape index (κ2) is 15.9. The van der Waals surface area contributed by atoms with E-state index < -0.39 is 23.5 Å². The van der Waals surface area contributed by atoms with Crippen molar-refractivity contribution in [3.63, 3.8) is 0 Å². The number of urea groups is 1. The zero-order valence-corrected chi connectivity index (χ0v) is 35.9. The van der Waals surface area contributed by atoms with Crippen LogP contribution in [0.1, 0.15) is 83.5 Å². The Morgan fingerprint density at radius 2 is 1.85 bits per heavy atom. The molecule has 16 heteroatoms. The maximum Gasteiger partial charge on any atom is 0.418 e. The fourth-order valence-electron chi connectivity index (χ4n) is 9.99. The van der Waals surface area contributed by atoms with Crippen LogP contribution in [0.2, 0.25) is 0 Å². The Hall–Kier alpha value is -4.90. The molecule has 4 aromatic rings. The number of pyridine rings is 1. The third kappa shape index (κ3) is 7.34. The lowest BCUT2D eigenvalue weighted by Gasteiger charge is -2.39. The Morgan fingerprint density at radius 1 is 1.03 bits per heavy atom. The number of fused-ring (bicyclic) bond motifs is 9. The minimum Gasteiger partial charge on any atom is -0.464 e. The van der Waals surface area contributed by atoms with Crippen molar-refractivity contribution in [2.45, 2.75) is 104 Å². The molecular formula is C44H60N11O5+. The first-order valence-electron chi connectivity index (χ1n) is 21.9. The van der Waals surface area contributed by atoms with E-state index in [0.29, 0.717) is 56.6 Å². The van der Waals surface area contributed by atoms with Crippen LogP contribution in [0.3, 0.4) is 0 Å². The number of quaternary nitrogens is 1. The lowest BCUT2D eigenvalue weighted by Crippen LogP contribution is -2.64. The predicted octanol–water partition coefficient (Wildman–Crippen LogP) is 4.55. The minimum atomic E-state index is -0.939. The standard InChI is InChI=1S/C44H59N11O5/c1-7-55(8-2)26-54-40-28-13-14-34-31(19-28)33(39(46-34)32-20-30(23-45-38(32)27(3)59-6)52-18-17-51-15-9-11-29(51)24-52)22-44(4,5)25-60-42(57)35-12-10-16-53(49-35)41(56)36(47-43(55)58)21-37(48-40)50-54/h13-14,19-20,23,27,29,35-36,49H,7-12,15-18,21-22,24-26H2,1-6H3,(H-,46,47,48,50,58)/p+1. The van der Waals surface area contributed by atoms with E-state index >= 15 is 0 Å². The number of nitrogens with zero attached hydrogens (tertiary/aromatic N) is 8. The maximum absolute atomic E-state index is 14.2. The number of nitrogens with one attached hydrogen (secondary N) is 3. The van der Waals surface area contributed by atoms with Crippen LogP contribution in [0.25, 0.3) is 33.5 Å². The van der Waals surface area contributed by atoms with Gasteiger partial charge in [-0.25, -0.2) is 19.7 Å². The summed E-state index contributed by atoms with van der Waals surface area (Å²) in [5.41, 5.74) is 9.40. The fraction of sp³-hybridized carbons (Fsp3) is 0.591. The number of anilines is 1. The van der Waals surface area contributed by atoms with Gasteiger partial charge in [0.15, 0.2) is 18.3 Å². The topological polar surface area (TPSA) is 163 Å². The summed E-state index contributed by atoms with van der Waals surface area (Å²) in [6.45, 7) is 16.2. The number of carbonyl (C=O) groups is 3. The van der Waals surface area contributed by atoms with Gasteiger partial charge in [0.25, 0.3) is 5.91 Å². The van der Waals surface area contributed by atoms with Crippen LogP contribution in [-0.2, 0) is 38.6 Å². The summed E-state index contributed by atoms with van der Waals surface area (Å²) in [6.07, 6.45) is 5.99. The van der Waals surface area contributed by atoms with Crippen molar-refractivity contribution < 1.29 is 28.3 Å². The van der Waals surface area contributed by atoms with Gasteiger partial charge >= 0.3 is 12.0 Å². The van der Waals surface area contributed by atoms with Crippen LogP contribution < -0.4 is 15.6 Å². The second-order valence-corrected chi connectivity index (χ2v) is 18.3. The highest BCUT2D eigenvalue weighted by Gasteiger charge is 2.42. The molecule has 4 unspecified atom stereocenters. The monoisotopic (exact) mass is 822 g/mol. The highest BCUT2D eigenvalue weighted by Crippen LogP contribution is 2.41. The van der Waals surface area contributed by atoms with E-state index in [9.17, 15) is 14.4 Å². The molecule has 0 aliphatic carbocycles. The normalized spacial score (nSPS) is 25.0. The zero-order valence-electron chi connectivity index (χ0n) is 35.9. The van der Waals surface area contributed by atoms with Crippen molar-refractivity contribution in [1.29, 1.82) is 0 Å².